The first kappa shape index (κ1) is 22.0. The highest BCUT2D eigenvalue weighted by Crippen LogP contribution is 2.26. The number of para-hydroxylation sites is 1. The highest BCUT2D eigenvalue weighted by molar-refractivity contribution is 7.98. The van der Waals surface area contributed by atoms with E-state index in [2.05, 4.69) is 5.32 Å². The Hall–Kier alpha value is -1.25. The molecule has 1 N–H and O–H groups in total. The van der Waals surface area contributed by atoms with E-state index in [1.54, 1.807) is 11.9 Å². The molecule has 2 aromatic rings. The molecule has 0 radical (unpaired) electrons. The topological polar surface area (TPSA) is 66.5 Å². The van der Waals surface area contributed by atoms with Crippen LogP contribution in [0.2, 0.25) is 10.0 Å². The second kappa shape index (κ2) is 9.80. The highest BCUT2D eigenvalue weighted by Gasteiger charge is 2.20. The number of rotatable bonds is 8. The molecule has 0 spiro atoms. The van der Waals surface area contributed by atoms with Crippen molar-refractivity contribution in [3.8, 4) is 0 Å². The van der Waals surface area contributed by atoms with Gasteiger partial charge in [-0.15, -0.1) is 11.8 Å². The number of hydrogen-bond acceptors (Lipinski definition) is 5. The predicted octanol–water partition coefficient (Wildman–Crippen LogP) is 4.06. The number of amides is 1. The minimum absolute atomic E-state index is 0.00316. The largest absolute Gasteiger partial charge is 0.324 e. The Morgan fingerprint density at radius 1 is 1.19 bits per heavy atom. The number of carbonyl (C=O) groups excluding carboxylic acids is 1. The minimum atomic E-state index is -3.61. The van der Waals surface area contributed by atoms with Crippen LogP contribution in [0.4, 0.5) is 5.69 Å². The van der Waals surface area contributed by atoms with Crippen molar-refractivity contribution in [2.45, 2.75) is 9.79 Å². The van der Waals surface area contributed by atoms with Gasteiger partial charge in [-0.3, -0.25) is 9.69 Å². The monoisotopic (exact) mass is 446 g/mol. The Labute approximate surface area is 174 Å². The van der Waals surface area contributed by atoms with Crippen LogP contribution in [-0.4, -0.2) is 51.4 Å². The van der Waals surface area contributed by atoms with E-state index in [4.69, 9.17) is 23.2 Å². The molecule has 0 saturated carbocycles. The molecule has 0 aliphatic rings. The maximum atomic E-state index is 12.5. The quantitative estimate of drug-likeness (QED) is 0.619. The molecule has 2 aromatic carbocycles. The summed E-state index contributed by atoms with van der Waals surface area (Å²) in [5, 5.41) is 3.29. The van der Waals surface area contributed by atoms with Crippen molar-refractivity contribution in [1.29, 1.82) is 0 Å². The zero-order chi connectivity index (χ0) is 20.0. The molecule has 0 heterocycles. The Balaban J connectivity index is 1.94. The summed E-state index contributed by atoms with van der Waals surface area (Å²) in [6, 6.07) is 11.8. The van der Waals surface area contributed by atoms with Crippen molar-refractivity contribution in [1.82, 2.24) is 4.90 Å². The molecule has 0 aliphatic carbocycles. The number of anilines is 1. The summed E-state index contributed by atoms with van der Waals surface area (Å²) >= 11 is 13.4. The van der Waals surface area contributed by atoms with Crippen LogP contribution >= 0.6 is 35.0 Å². The number of nitrogens with zero attached hydrogens (tertiary/aromatic N) is 1. The van der Waals surface area contributed by atoms with E-state index >= 15 is 0 Å². The van der Waals surface area contributed by atoms with E-state index in [0.29, 0.717) is 5.02 Å². The van der Waals surface area contributed by atoms with Gasteiger partial charge in [-0.05, 0) is 43.6 Å². The van der Waals surface area contributed by atoms with Crippen molar-refractivity contribution in [2.24, 2.45) is 0 Å². The molecule has 0 aliphatic heterocycles. The average molecular weight is 447 g/mol. The van der Waals surface area contributed by atoms with Crippen molar-refractivity contribution in [3.63, 3.8) is 0 Å². The van der Waals surface area contributed by atoms with Gasteiger partial charge in [0.1, 0.15) is 0 Å². The van der Waals surface area contributed by atoms with Crippen LogP contribution in [0.3, 0.4) is 0 Å². The summed E-state index contributed by atoms with van der Waals surface area (Å²) in [5.41, 5.74) is 0.738. The average Bonchev–Trinajstić information content (AvgIpc) is 2.62. The number of halogens is 2. The molecule has 146 valence electrons. The van der Waals surface area contributed by atoms with E-state index in [9.17, 15) is 13.2 Å². The van der Waals surface area contributed by atoms with Gasteiger partial charge in [-0.1, -0.05) is 35.3 Å². The van der Waals surface area contributed by atoms with Crippen molar-refractivity contribution < 1.29 is 13.2 Å². The molecule has 5 nitrogen and oxygen atoms in total. The van der Waals surface area contributed by atoms with Gasteiger partial charge in [-0.2, -0.15) is 0 Å². The maximum absolute atomic E-state index is 12.5. The highest BCUT2D eigenvalue weighted by atomic mass is 35.5. The molecule has 0 bridgehead atoms. The minimum Gasteiger partial charge on any atom is -0.324 e. The standard InChI is InChI=1S/C18H20Cl2N2O3S2/c1-22(12-18(23)21-15-5-3-4-6-16(15)26-2)9-10-27(24,25)17-11-13(19)7-8-14(17)20/h3-8,11H,9-10,12H2,1-2H3,(H,21,23). The van der Waals surface area contributed by atoms with Gasteiger partial charge in [0.05, 0.1) is 27.9 Å². The lowest BCUT2D eigenvalue weighted by Gasteiger charge is -2.17. The second-order valence-electron chi connectivity index (χ2n) is 5.88. The first-order chi connectivity index (χ1) is 12.7. The number of likely N-dealkylation sites (N-methyl/N-ethyl adjacent to an activating group) is 1. The Bertz CT molecular complexity index is 921. The van der Waals surface area contributed by atoms with Gasteiger partial charge in [0.15, 0.2) is 9.84 Å². The van der Waals surface area contributed by atoms with Crippen LogP contribution in [0.25, 0.3) is 0 Å². The van der Waals surface area contributed by atoms with E-state index in [0.717, 1.165) is 10.6 Å². The SMILES string of the molecule is CSc1ccccc1NC(=O)CN(C)CCS(=O)(=O)c1cc(Cl)ccc1Cl. The summed E-state index contributed by atoms with van der Waals surface area (Å²) < 4.78 is 25.0. The van der Waals surface area contributed by atoms with Gasteiger partial charge in [0, 0.05) is 16.5 Å². The lowest BCUT2D eigenvalue weighted by Crippen LogP contribution is -2.33. The summed E-state index contributed by atoms with van der Waals surface area (Å²) in [6.07, 6.45) is 1.93. The molecular weight excluding hydrogens is 427 g/mol. The number of hydrogen-bond donors (Lipinski definition) is 1. The van der Waals surface area contributed by atoms with E-state index < -0.39 is 9.84 Å². The summed E-state index contributed by atoms with van der Waals surface area (Å²) in [6.45, 7) is 0.254. The molecule has 0 saturated heterocycles. The van der Waals surface area contributed by atoms with Crippen LogP contribution in [0.15, 0.2) is 52.3 Å². The molecule has 9 heteroatoms. The lowest BCUT2D eigenvalue weighted by atomic mass is 10.3. The lowest BCUT2D eigenvalue weighted by molar-refractivity contribution is -0.117. The number of sulfone groups is 1. The first-order valence-corrected chi connectivity index (χ1v) is 11.7. The second-order valence-corrected chi connectivity index (χ2v) is 9.65. The van der Waals surface area contributed by atoms with E-state index in [1.165, 1.54) is 30.0 Å². The van der Waals surface area contributed by atoms with Crippen molar-refractivity contribution >= 4 is 56.4 Å². The zero-order valence-corrected chi connectivity index (χ0v) is 18.1. The van der Waals surface area contributed by atoms with E-state index in [1.807, 2.05) is 30.5 Å². The fraction of sp³-hybridized carbons (Fsp3) is 0.278. The number of thioether (sulfide) groups is 1. The van der Waals surface area contributed by atoms with Crippen LogP contribution in [-0.2, 0) is 14.6 Å². The maximum Gasteiger partial charge on any atom is 0.238 e. The van der Waals surface area contributed by atoms with Gasteiger partial charge in [-0.25, -0.2) is 8.42 Å². The molecule has 0 unspecified atom stereocenters. The van der Waals surface area contributed by atoms with Gasteiger partial charge in [0.25, 0.3) is 0 Å². The third kappa shape index (κ3) is 6.40. The number of nitrogens with one attached hydrogen (secondary N) is 1. The Morgan fingerprint density at radius 2 is 1.89 bits per heavy atom. The summed E-state index contributed by atoms with van der Waals surface area (Å²) in [4.78, 5) is 14.8. The van der Waals surface area contributed by atoms with Crippen LogP contribution in [0.1, 0.15) is 0 Å². The Kier molecular flexibility index (Phi) is 8.00. The molecule has 1 amide bonds. The molecule has 2 rings (SSSR count). The first-order valence-electron chi connectivity index (χ1n) is 8.02. The molecule has 0 fully saturated rings. The normalized spacial score (nSPS) is 11.6. The molecule has 0 aromatic heterocycles. The van der Waals surface area contributed by atoms with Crippen LogP contribution < -0.4 is 5.32 Å². The predicted molar refractivity (Wildman–Crippen MR) is 113 cm³/mol. The fourth-order valence-corrected chi connectivity index (χ4v) is 5.07. The summed E-state index contributed by atoms with van der Waals surface area (Å²) in [7, 11) is -1.92. The smallest absolute Gasteiger partial charge is 0.238 e. The fourth-order valence-electron chi connectivity index (χ4n) is 2.36. The van der Waals surface area contributed by atoms with Crippen molar-refractivity contribution in [2.75, 3.05) is 37.5 Å². The van der Waals surface area contributed by atoms with Gasteiger partial charge in [0.2, 0.25) is 5.91 Å². The van der Waals surface area contributed by atoms with E-state index in [-0.39, 0.29) is 34.7 Å². The number of benzene rings is 2. The third-order valence-corrected chi connectivity index (χ3v) is 6.97. The van der Waals surface area contributed by atoms with Crippen LogP contribution in [0, 0.1) is 0 Å². The molecule has 27 heavy (non-hydrogen) atoms. The van der Waals surface area contributed by atoms with Gasteiger partial charge >= 0.3 is 0 Å². The third-order valence-electron chi connectivity index (χ3n) is 3.76. The van der Waals surface area contributed by atoms with Crippen LogP contribution in [0.5, 0.6) is 0 Å². The Morgan fingerprint density at radius 3 is 2.59 bits per heavy atom. The van der Waals surface area contributed by atoms with Gasteiger partial charge < -0.3 is 5.32 Å². The number of carbonyl (C=O) groups is 1. The molecular formula is C18H20Cl2N2O3S2. The summed E-state index contributed by atoms with van der Waals surface area (Å²) in [5.74, 6) is -0.379. The molecule has 0 atom stereocenters. The zero-order valence-electron chi connectivity index (χ0n) is 14.9. The van der Waals surface area contributed by atoms with Crippen molar-refractivity contribution in [3.05, 3.63) is 52.5 Å².